The quantitative estimate of drug-likeness (QED) is 0.693. The molecular weight excluding hydrogens is 192 g/mol. The largest absolute Gasteiger partial charge is 0.229 e. The minimum absolute atomic E-state index is 0.351. The van der Waals surface area contributed by atoms with Crippen molar-refractivity contribution < 1.29 is 8.42 Å². The summed E-state index contributed by atoms with van der Waals surface area (Å²) in [5.41, 5.74) is 0. The van der Waals surface area contributed by atoms with E-state index in [1.165, 1.54) is 0 Å². The Morgan fingerprint density at radius 3 is 2.58 bits per heavy atom. The van der Waals surface area contributed by atoms with Gasteiger partial charge in [-0.15, -0.1) is 0 Å². The van der Waals surface area contributed by atoms with Crippen LogP contribution in [0.15, 0.2) is 0 Å². The minimum atomic E-state index is -2.70. The molecule has 1 aliphatic rings. The smallest absolute Gasteiger partial charge is 0.151 e. The zero-order valence-corrected chi connectivity index (χ0v) is 9.25. The van der Waals surface area contributed by atoms with Crippen LogP contribution in [0.5, 0.6) is 0 Å². The highest BCUT2D eigenvalue weighted by Gasteiger charge is 2.25. The van der Waals surface area contributed by atoms with Crippen molar-refractivity contribution in [3.8, 4) is 0 Å². The zero-order valence-electron chi connectivity index (χ0n) is 7.62. The van der Waals surface area contributed by atoms with E-state index in [0.29, 0.717) is 22.0 Å². The van der Waals surface area contributed by atoms with Crippen LogP contribution in [0.1, 0.15) is 26.7 Å². The van der Waals surface area contributed by atoms with Crippen LogP contribution in [-0.2, 0) is 9.84 Å². The molecule has 4 heteroatoms. The first-order valence-corrected chi connectivity index (χ1v) is 7.12. The molecule has 1 aliphatic heterocycles. The summed E-state index contributed by atoms with van der Waals surface area (Å²) in [7, 11) is -2.70. The predicted molar refractivity (Wildman–Crippen MR) is 54.4 cm³/mol. The fourth-order valence-electron chi connectivity index (χ4n) is 1.47. The molecule has 1 rings (SSSR count). The monoisotopic (exact) mass is 208 g/mol. The van der Waals surface area contributed by atoms with Crippen molar-refractivity contribution in [1.29, 1.82) is 0 Å². The second-order valence-electron chi connectivity index (χ2n) is 3.56. The molecule has 1 unspecified atom stereocenters. The van der Waals surface area contributed by atoms with Crippen molar-refractivity contribution in [2.75, 3.05) is 11.5 Å². The lowest BCUT2D eigenvalue weighted by molar-refractivity contribution is 0.577. The van der Waals surface area contributed by atoms with E-state index in [4.69, 9.17) is 0 Å². The first kappa shape index (κ1) is 10.4. The van der Waals surface area contributed by atoms with Gasteiger partial charge in [-0.05, 0) is 18.1 Å². The Hall–Kier alpha value is 0.300. The van der Waals surface area contributed by atoms with Gasteiger partial charge in [-0.25, -0.2) is 8.42 Å². The third-order valence-corrected chi connectivity index (χ3v) is 5.25. The van der Waals surface area contributed by atoms with Gasteiger partial charge >= 0.3 is 0 Å². The molecule has 2 nitrogen and oxygen atoms in total. The van der Waals surface area contributed by atoms with E-state index in [-0.39, 0.29) is 0 Å². The molecule has 0 radical (unpaired) electrons. The van der Waals surface area contributed by atoms with Crippen LogP contribution in [-0.4, -0.2) is 30.4 Å². The molecule has 0 bridgehead atoms. The standard InChI is InChI=1S/C8H16O2S2/c1-7(2)11-8-4-3-5-12(9,10)6-8/h7-8H,3-6H2,1-2H3. The molecule has 0 spiro atoms. The van der Waals surface area contributed by atoms with Crippen molar-refractivity contribution >= 4 is 21.6 Å². The predicted octanol–water partition coefficient (Wildman–Crippen LogP) is 1.71. The molecule has 0 N–H and O–H groups in total. The highest BCUT2D eigenvalue weighted by atomic mass is 32.2. The van der Waals surface area contributed by atoms with Crippen molar-refractivity contribution in [1.82, 2.24) is 0 Å². The number of sulfone groups is 1. The van der Waals surface area contributed by atoms with Crippen molar-refractivity contribution in [2.24, 2.45) is 0 Å². The first-order chi connectivity index (χ1) is 5.49. The van der Waals surface area contributed by atoms with Crippen LogP contribution in [0.25, 0.3) is 0 Å². The molecule has 12 heavy (non-hydrogen) atoms. The van der Waals surface area contributed by atoms with Crippen LogP contribution >= 0.6 is 11.8 Å². The van der Waals surface area contributed by atoms with Crippen LogP contribution in [0.2, 0.25) is 0 Å². The minimum Gasteiger partial charge on any atom is -0.229 e. The summed E-state index contributed by atoms with van der Waals surface area (Å²) in [4.78, 5) is 0. The van der Waals surface area contributed by atoms with E-state index in [9.17, 15) is 8.42 Å². The van der Waals surface area contributed by atoms with Crippen LogP contribution < -0.4 is 0 Å². The maximum Gasteiger partial charge on any atom is 0.151 e. The lowest BCUT2D eigenvalue weighted by atomic mass is 10.3. The second-order valence-corrected chi connectivity index (χ2v) is 7.67. The highest BCUT2D eigenvalue weighted by Crippen LogP contribution is 2.26. The molecule has 72 valence electrons. The van der Waals surface area contributed by atoms with Gasteiger partial charge in [-0.3, -0.25) is 0 Å². The van der Waals surface area contributed by atoms with Gasteiger partial charge in [-0.2, -0.15) is 11.8 Å². The molecule has 0 aliphatic carbocycles. The van der Waals surface area contributed by atoms with E-state index in [1.54, 1.807) is 11.8 Å². The SMILES string of the molecule is CC(C)SC1CCCS(=O)(=O)C1. The molecule has 0 saturated carbocycles. The summed E-state index contributed by atoms with van der Waals surface area (Å²) >= 11 is 1.80. The van der Waals surface area contributed by atoms with Crippen molar-refractivity contribution in [2.45, 2.75) is 37.2 Å². The molecule has 0 aromatic rings. The third kappa shape index (κ3) is 3.35. The van der Waals surface area contributed by atoms with E-state index in [1.807, 2.05) is 0 Å². The first-order valence-electron chi connectivity index (χ1n) is 4.35. The van der Waals surface area contributed by atoms with E-state index in [0.717, 1.165) is 12.8 Å². The summed E-state index contributed by atoms with van der Waals surface area (Å²) in [6, 6.07) is 0. The van der Waals surface area contributed by atoms with Crippen LogP contribution in [0.4, 0.5) is 0 Å². The highest BCUT2D eigenvalue weighted by molar-refractivity contribution is 8.01. The fraction of sp³-hybridized carbons (Fsp3) is 1.00. The fourth-order valence-corrected chi connectivity index (χ4v) is 4.99. The maximum atomic E-state index is 11.2. The molecule has 0 aromatic heterocycles. The molecular formula is C8H16O2S2. The normalized spacial score (nSPS) is 29.1. The van der Waals surface area contributed by atoms with Gasteiger partial charge in [0.2, 0.25) is 0 Å². The van der Waals surface area contributed by atoms with Crippen LogP contribution in [0, 0.1) is 0 Å². The van der Waals surface area contributed by atoms with Gasteiger partial charge in [0.25, 0.3) is 0 Å². The van der Waals surface area contributed by atoms with Gasteiger partial charge in [0.1, 0.15) is 0 Å². The van der Waals surface area contributed by atoms with E-state index < -0.39 is 9.84 Å². The Kier molecular flexibility index (Phi) is 3.47. The van der Waals surface area contributed by atoms with Gasteiger partial charge in [0.05, 0.1) is 11.5 Å². The summed E-state index contributed by atoms with van der Waals surface area (Å²) < 4.78 is 22.5. The molecule has 1 fully saturated rings. The van der Waals surface area contributed by atoms with E-state index >= 15 is 0 Å². The average Bonchev–Trinajstić information content (AvgIpc) is 1.82. The zero-order chi connectivity index (χ0) is 9.19. The van der Waals surface area contributed by atoms with Crippen molar-refractivity contribution in [3.05, 3.63) is 0 Å². The Morgan fingerprint density at radius 1 is 1.42 bits per heavy atom. The summed E-state index contributed by atoms with van der Waals surface area (Å²) in [5, 5.41) is 0.895. The topological polar surface area (TPSA) is 34.1 Å². The molecule has 1 heterocycles. The van der Waals surface area contributed by atoms with Gasteiger partial charge in [0.15, 0.2) is 9.84 Å². The van der Waals surface area contributed by atoms with Gasteiger partial charge < -0.3 is 0 Å². The number of hydrogen-bond donors (Lipinski definition) is 0. The van der Waals surface area contributed by atoms with Gasteiger partial charge in [0, 0.05) is 5.25 Å². The van der Waals surface area contributed by atoms with E-state index in [2.05, 4.69) is 13.8 Å². The Morgan fingerprint density at radius 2 is 2.08 bits per heavy atom. The number of rotatable bonds is 2. The molecule has 0 amide bonds. The lowest BCUT2D eigenvalue weighted by Gasteiger charge is -2.22. The maximum absolute atomic E-state index is 11.2. The lowest BCUT2D eigenvalue weighted by Crippen LogP contribution is -2.27. The molecule has 0 aromatic carbocycles. The summed E-state index contributed by atoms with van der Waals surface area (Å²) in [5.74, 6) is 0.804. The average molecular weight is 208 g/mol. The van der Waals surface area contributed by atoms with Crippen molar-refractivity contribution in [3.63, 3.8) is 0 Å². The number of thioether (sulfide) groups is 1. The van der Waals surface area contributed by atoms with Crippen LogP contribution in [0.3, 0.4) is 0 Å². The Labute approximate surface area is 79.0 Å². The Balaban J connectivity index is 2.47. The van der Waals surface area contributed by atoms with Gasteiger partial charge in [-0.1, -0.05) is 13.8 Å². The Bertz CT molecular complexity index is 231. The number of hydrogen-bond acceptors (Lipinski definition) is 3. The second kappa shape index (κ2) is 4.01. The third-order valence-electron chi connectivity index (χ3n) is 1.89. The molecule has 1 atom stereocenters. The summed E-state index contributed by atoms with van der Waals surface area (Å²) in [6.07, 6.45) is 1.93. The molecule has 1 saturated heterocycles. The summed E-state index contributed by atoms with van der Waals surface area (Å²) in [6.45, 7) is 4.23.